The lowest BCUT2D eigenvalue weighted by atomic mass is 10.2. The number of amides is 1. The van der Waals surface area contributed by atoms with Gasteiger partial charge in [-0.25, -0.2) is 14.8 Å². The Labute approximate surface area is 170 Å². The second kappa shape index (κ2) is 7.70. The van der Waals surface area contributed by atoms with Gasteiger partial charge in [0.05, 0.1) is 30.4 Å². The smallest absolute Gasteiger partial charge is 0.444 e. The third kappa shape index (κ3) is 5.50. The molecule has 3 rings (SSSR count). The van der Waals surface area contributed by atoms with Crippen LogP contribution in [0.25, 0.3) is 0 Å². The predicted molar refractivity (Wildman–Crippen MR) is 98.6 cm³/mol. The summed E-state index contributed by atoms with van der Waals surface area (Å²) in [7, 11) is 0. The first kappa shape index (κ1) is 21.2. The molecule has 0 bridgehead atoms. The summed E-state index contributed by atoms with van der Waals surface area (Å²) < 4.78 is 46.7. The molecule has 1 amide bonds. The van der Waals surface area contributed by atoms with Crippen LogP contribution < -0.4 is 10.1 Å². The Bertz CT molecular complexity index is 1010. The van der Waals surface area contributed by atoms with Crippen LogP contribution in [-0.2, 0) is 17.8 Å². The molecule has 0 aliphatic carbocycles. The summed E-state index contributed by atoms with van der Waals surface area (Å²) in [5.41, 5.74) is 0.804. The molecule has 1 aliphatic heterocycles. The summed E-state index contributed by atoms with van der Waals surface area (Å²) >= 11 is 0. The van der Waals surface area contributed by atoms with E-state index in [1.54, 1.807) is 26.8 Å². The van der Waals surface area contributed by atoms with E-state index in [2.05, 4.69) is 20.0 Å². The van der Waals surface area contributed by atoms with Crippen molar-refractivity contribution in [2.24, 2.45) is 0 Å². The van der Waals surface area contributed by atoms with Crippen LogP contribution in [0.1, 0.15) is 37.6 Å². The van der Waals surface area contributed by atoms with Crippen molar-refractivity contribution in [3.05, 3.63) is 41.2 Å². The quantitative estimate of drug-likeness (QED) is 0.791. The van der Waals surface area contributed by atoms with Gasteiger partial charge in [-0.2, -0.15) is 5.26 Å². The van der Waals surface area contributed by atoms with Crippen molar-refractivity contribution in [1.29, 1.82) is 5.26 Å². The molecule has 0 saturated heterocycles. The Kier molecular flexibility index (Phi) is 5.43. The summed E-state index contributed by atoms with van der Waals surface area (Å²) in [6, 6.07) is 5.17. The van der Waals surface area contributed by atoms with E-state index in [1.807, 2.05) is 0 Å². The van der Waals surface area contributed by atoms with Crippen LogP contribution in [0, 0.1) is 11.3 Å². The number of carbonyl (C=O) groups excluding carboxylic acids is 1. The number of halogens is 3. The number of hydrogen-bond donors (Lipinski definition) is 1. The zero-order valence-corrected chi connectivity index (χ0v) is 16.4. The maximum atomic E-state index is 12.5. The van der Waals surface area contributed by atoms with E-state index in [9.17, 15) is 18.0 Å². The normalized spacial score (nSPS) is 13.4. The summed E-state index contributed by atoms with van der Waals surface area (Å²) in [6.07, 6.45) is -3.85. The molecule has 8 nitrogen and oxygen atoms in total. The average Bonchev–Trinajstić information content (AvgIpc) is 3.02. The highest BCUT2D eigenvalue weighted by Crippen LogP contribution is 2.29. The van der Waals surface area contributed by atoms with Gasteiger partial charge in [0, 0.05) is 23.5 Å². The zero-order valence-electron chi connectivity index (χ0n) is 16.4. The van der Waals surface area contributed by atoms with Gasteiger partial charge in [-0.05, 0) is 32.9 Å². The molecule has 0 spiro atoms. The number of fused-ring (bicyclic) bond motifs is 1. The van der Waals surface area contributed by atoms with Crippen molar-refractivity contribution in [2.45, 2.75) is 45.8 Å². The lowest BCUT2D eigenvalue weighted by molar-refractivity contribution is -0.274. The van der Waals surface area contributed by atoms with Crippen LogP contribution in [-0.4, -0.2) is 32.9 Å². The second-order valence-corrected chi connectivity index (χ2v) is 7.53. The minimum absolute atomic E-state index is 0.0310. The third-order valence-corrected chi connectivity index (χ3v) is 3.83. The molecule has 2 aromatic rings. The number of nitrogens with one attached hydrogen (secondary N) is 1. The van der Waals surface area contributed by atoms with E-state index in [1.165, 1.54) is 17.2 Å². The van der Waals surface area contributed by atoms with Gasteiger partial charge >= 0.3 is 12.5 Å². The SMILES string of the molecule is CC(C)(C)OC(=O)N1Cc2cnc(Nc3cc(C#N)cc(OC(F)(F)F)c3)nc2C1. The van der Waals surface area contributed by atoms with Gasteiger partial charge in [0.15, 0.2) is 0 Å². The average molecular weight is 421 g/mol. The van der Waals surface area contributed by atoms with E-state index < -0.39 is 23.8 Å². The Hall–Kier alpha value is -3.55. The highest BCUT2D eigenvalue weighted by Gasteiger charge is 2.32. The number of carbonyl (C=O) groups is 1. The first-order valence-corrected chi connectivity index (χ1v) is 8.82. The van der Waals surface area contributed by atoms with Crippen molar-refractivity contribution >= 4 is 17.7 Å². The van der Waals surface area contributed by atoms with Crippen LogP contribution in [0.5, 0.6) is 5.75 Å². The minimum atomic E-state index is -4.89. The van der Waals surface area contributed by atoms with Gasteiger partial charge in [0.1, 0.15) is 11.4 Å². The fourth-order valence-electron chi connectivity index (χ4n) is 2.73. The number of rotatable bonds is 3. The molecular weight excluding hydrogens is 403 g/mol. The van der Waals surface area contributed by atoms with Crippen molar-refractivity contribution in [1.82, 2.24) is 14.9 Å². The molecule has 0 atom stereocenters. The highest BCUT2D eigenvalue weighted by atomic mass is 19.4. The van der Waals surface area contributed by atoms with Crippen molar-refractivity contribution < 1.29 is 27.4 Å². The van der Waals surface area contributed by atoms with Crippen molar-refractivity contribution in [3.8, 4) is 11.8 Å². The number of ether oxygens (including phenoxy) is 2. The monoisotopic (exact) mass is 421 g/mol. The third-order valence-electron chi connectivity index (χ3n) is 3.83. The maximum Gasteiger partial charge on any atom is 0.573 e. The summed E-state index contributed by atoms with van der Waals surface area (Å²) in [5, 5.41) is 11.8. The Morgan fingerprint density at radius 1 is 1.23 bits per heavy atom. The predicted octanol–water partition coefficient (Wildman–Crippen LogP) is 4.24. The number of aromatic nitrogens is 2. The van der Waals surface area contributed by atoms with E-state index >= 15 is 0 Å². The molecule has 0 fully saturated rings. The van der Waals surface area contributed by atoms with Crippen LogP contribution in [0.2, 0.25) is 0 Å². The number of nitrogens with zero attached hydrogens (tertiary/aromatic N) is 4. The number of hydrogen-bond acceptors (Lipinski definition) is 7. The van der Waals surface area contributed by atoms with Crippen molar-refractivity contribution in [2.75, 3.05) is 5.32 Å². The fraction of sp³-hybridized carbons (Fsp3) is 0.368. The van der Waals surface area contributed by atoms with Crippen molar-refractivity contribution in [3.63, 3.8) is 0 Å². The first-order chi connectivity index (χ1) is 13.9. The summed E-state index contributed by atoms with van der Waals surface area (Å²) in [4.78, 5) is 22.1. The standard InChI is InChI=1S/C19H18F3N5O3/c1-18(2,3)30-17(28)27-9-12-8-24-16(26-15(12)10-27)25-13-4-11(7-23)5-14(6-13)29-19(20,21)22/h4-6,8H,9-10H2,1-3H3,(H,24,25,26). The van der Waals surface area contributed by atoms with Crippen LogP contribution in [0.15, 0.2) is 24.4 Å². The summed E-state index contributed by atoms with van der Waals surface area (Å²) in [5.74, 6) is -0.436. The van der Waals surface area contributed by atoms with Gasteiger partial charge in [0.25, 0.3) is 0 Å². The highest BCUT2D eigenvalue weighted by molar-refractivity contribution is 5.69. The maximum absolute atomic E-state index is 12.5. The molecule has 1 N–H and O–H groups in total. The topological polar surface area (TPSA) is 100 Å². The Balaban J connectivity index is 1.76. The van der Waals surface area contributed by atoms with Gasteiger partial charge in [-0.15, -0.1) is 13.2 Å². The number of nitriles is 1. The molecule has 0 unspecified atom stereocenters. The Morgan fingerprint density at radius 2 is 1.97 bits per heavy atom. The molecule has 30 heavy (non-hydrogen) atoms. The molecular formula is C19H18F3N5O3. The molecule has 158 valence electrons. The van der Waals surface area contributed by atoms with E-state index in [0.717, 1.165) is 17.7 Å². The van der Waals surface area contributed by atoms with E-state index in [-0.39, 0.29) is 30.3 Å². The number of alkyl halides is 3. The van der Waals surface area contributed by atoms with E-state index in [0.29, 0.717) is 5.69 Å². The molecule has 1 aromatic carbocycles. The molecule has 0 saturated carbocycles. The molecule has 0 radical (unpaired) electrons. The Morgan fingerprint density at radius 3 is 2.60 bits per heavy atom. The molecule has 2 heterocycles. The molecule has 1 aromatic heterocycles. The van der Waals surface area contributed by atoms with Crippen LogP contribution in [0.3, 0.4) is 0 Å². The lowest BCUT2D eigenvalue weighted by Gasteiger charge is -2.23. The van der Waals surface area contributed by atoms with Gasteiger partial charge < -0.3 is 14.8 Å². The lowest BCUT2D eigenvalue weighted by Crippen LogP contribution is -2.33. The fourth-order valence-corrected chi connectivity index (χ4v) is 2.73. The second-order valence-electron chi connectivity index (χ2n) is 7.53. The number of benzene rings is 1. The molecule has 1 aliphatic rings. The number of anilines is 2. The summed E-state index contributed by atoms with van der Waals surface area (Å²) in [6.45, 7) is 5.80. The van der Waals surface area contributed by atoms with Crippen LogP contribution in [0.4, 0.5) is 29.6 Å². The zero-order chi connectivity index (χ0) is 22.1. The van der Waals surface area contributed by atoms with E-state index in [4.69, 9.17) is 10.00 Å². The van der Waals surface area contributed by atoms with Crippen LogP contribution >= 0.6 is 0 Å². The molecule has 11 heteroatoms. The first-order valence-electron chi connectivity index (χ1n) is 8.82. The van der Waals surface area contributed by atoms with Gasteiger partial charge in [-0.3, -0.25) is 4.90 Å². The largest absolute Gasteiger partial charge is 0.573 e. The van der Waals surface area contributed by atoms with Gasteiger partial charge in [0.2, 0.25) is 5.95 Å². The minimum Gasteiger partial charge on any atom is -0.444 e. The van der Waals surface area contributed by atoms with Gasteiger partial charge in [-0.1, -0.05) is 0 Å².